The number of rotatable bonds is 7. The van der Waals surface area contributed by atoms with Crippen LogP contribution in [0, 0.1) is 0 Å². The van der Waals surface area contributed by atoms with Gasteiger partial charge in [0, 0.05) is 18.6 Å². The van der Waals surface area contributed by atoms with Gasteiger partial charge in [-0.15, -0.1) is 0 Å². The molecule has 4 nitrogen and oxygen atoms in total. The molecular weight excluding hydrogens is 276 g/mol. The number of nitrogens with one attached hydrogen (secondary N) is 1. The van der Waals surface area contributed by atoms with Crippen molar-refractivity contribution in [3.05, 3.63) is 22.7 Å². The first-order chi connectivity index (χ1) is 9.31. The van der Waals surface area contributed by atoms with Crippen LogP contribution >= 0.6 is 11.6 Å². The average molecular weight is 301 g/mol. The fourth-order valence-corrected chi connectivity index (χ4v) is 2.05. The molecule has 0 saturated carbocycles. The first-order valence-corrected chi connectivity index (χ1v) is 6.98. The highest BCUT2D eigenvalue weighted by Crippen LogP contribution is 2.35. The van der Waals surface area contributed by atoms with Crippen LogP contribution in [0.4, 0.5) is 0 Å². The molecule has 0 heterocycles. The smallest absolute Gasteiger partial charge is 0.179 e. The van der Waals surface area contributed by atoms with Crippen LogP contribution in [0.3, 0.4) is 0 Å². The van der Waals surface area contributed by atoms with Crippen molar-refractivity contribution in [3.8, 4) is 11.5 Å². The van der Waals surface area contributed by atoms with Crippen LogP contribution < -0.4 is 14.8 Å². The summed E-state index contributed by atoms with van der Waals surface area (Å²) in [5, 5.41) is 4.01. The normalized spacial score (nSPS) is 11.8. The SMILES string of the molecule is COc1cc(CNCC(C)(C)N(C)C)cc(Cl)c1OC. The quantitative estimate of drug-likeness (QED) is 0.839. The van der Waals surface area contributed by atoms with E-state index in [1.54, 1.807) is 14.2 Å². The van der Waals surface area contributed by atoms with E-state index in [0.29, 0.717) is 16.5 Å². The van der Waals surface area contributed by atoms with E-state index in [1.807, 2.05) is 12.1 Å². The third-order valence-corrected chi connectivity index (χ3v) is 3.87. The van der Waals surface area contributed by atoms with Gasteiger partial charge in [-0.3, -0.25) is 0 Å². The molecule has 0 amide bonds. The Morgan fingerprint density at radius 1 is 1.20 bits per heavy atom. The summed E-state index contributed by atoms with van der Waals surface area (Å²) in [7, 11) is 7.35. The van der Waals surface area contributed by atoms with Crippen molar-refractivity contribution in [1.29, 1.82) is 0 Å². The number of methoxy groups -OCH3 is 2. The summed E-state index contributed by atoms with van der Waals surface area (Å²) in [4.78, 5) is 2.20. The summed E-state index contributed by atoms with van der Waals surface area (Å²) in [6.07, 6.45) is 0. The van der Waals surface area contributed by atoms with E-state index < -0.39 is 0 Å². The van der Waals surface area contributed by atoms with E-state index in [-0.39, 0.29) is 5.54 Å². The van der Waals surface area contributed by atoms with Crippen LogP contribution in [-0.4, -0.2) is 45.3 Å². The number of halogens is 1. The molecule has 1 aromatic rings. The lowest BCUT2D eigenvalue weighted by Crippen LogP contribution is -2.46. The summed E-state index contributed by atoms with van der Waals surface area (Å²) in [6.45, 7) is 6.01. The Balaban J connectivity index is 2.72. The molecule has 20 heavy (non-hydrogen) atoms. The predicted octanol–water partition coefficient (Wildman–Crippen LogP) is 2.79. The Hall–Kier alpha value is -0.970. The minimum atomic E-state index is 0.0976. The summed E-state index contributed by atoms with van der Waals surface area (Å²) >= 11 is 6.19. The Morgan fingerprint density at radius 3 is 2.35 bits per heavy atom. The van der Waals surface area contributed by atoms with Crippen molar-refractivity contribution in [2.45, 2.75) is 25.9 Å². The predicted molar refractivity (Wildman–Crippen MR) is 84.0 cm³/mol. The second-order valence-corrected chi connectivity index (χ2v) is 6.03. The molecule has 0 radical (unpaired) electrons. The highest BCUT2D eigenvalue weighted by molar-refractivity contribution is 6.32. The molecule has 1 rings (SSSR count). The van der Waals surface area contributed by atoms with Crippen molar-refractivity contribution in [2.24, 2.45) is 0 Å². The van der Waals surface area contributed by atoms with Crippen molar-refractivity contribution < 1.29 is 9.47 Å². The van der Waals surface area contributed by atoms with E-state index in [2.05, 4.69) is 38.2 Å². The largest absolute Gasteiger partial charge is 0.493 e. The highest BCUT2D eigenvalue weighted by Gasteiger charge is 2.19. The maximum Gasteiger partial charge on any atom is 0.179 e. The van der Waals surface area contributed by atoms with Gasteiger partial charge in [-0.2, -0.15) is 0 Å². The van der Waals surface area contributed by atoms with Crippen molar-refractivity contribution >= 4 is 11.6 Å². The van der Waals surface area contributed by atoms with Crippen molar-refractivity contribution in [3.63, 3.8) is 0 Å². The second-order valence-electron chi connectivity index (χ2n) is 5.62. The molecule has 1 aromatic carbocycles. The molecule has 0 aromatic heterocycles. The maximum atomic E-state index is 6.19. The third-order valence-electron chi connectivity index (χ3n) is 3.59. The molecule has 0 unspecified atom stereocenters. The van der Waals surface area contributed by atoms with E-state index in [9.17, 15) is 0 Å². The molecule has 5 heteroatoms. The minimum absolute atomic E-state index is 0.0976. The van der Waals surface area contributed by atoms with Gasteiger partial charge in [-0.1, -0.05) is 11.6 Å². The van der Waals surface area contributed by atoms with Crippen LogP contribution in [-0.2, 0) is 6.54 Å². The van der Waals surface area contributed by atoms with Crippen LogP contribution in [0.2, 0.25) is 5.02 Å². The molecule has 0 bridgehead atoms. The van der Waals surface area contributed by atoms with Gasteiger partial charge in [0.15, 0.2) is 11.5 Å². The molecule has 114 valence electrons. The molecule has 0 spiro atoms. The van der Waals surface area contributed by atoms with Crippen LogP contribution in [0.5, 0.6) is 11.5 Å². The van der Waals surface area contributed by atoms with Crippen molar-refractivity contribution in [2.75, 3.05) is 34.9 Å². The van der Waals surface area contributed by atoms with Crippen LogP contribution in [0.15, 0.2) is 12.1 Å². The molecule has 0 aliphatic carbocycles. The van der Waals surface area contributed by atoms with E-state index in [0.717, 1.165) is 18.7 Å². The Morgan fingerprint density at radius 2 is 1.85 bits per heavy atom. The number of benzene rings is 1. The van der Waals surface area contributed by atoms with Crippen LogP contribution in [0.1, 0.15) is 19.4 Å². The second kappa shape index (κ2) is 7.16. The summed E-state index contributed by atoms with van der Waals surface area (Å²) < 4.78 is 10.5. The fourth-order valence-electron chi connectivity index (χ4n) is 1.74. The average Bonchev–Trinajstić information content (AvgIpc) is 2.37. The number of hydrogen-bond acceptors (Lipinski definition) is 4. The Labute approximate surface area is 127 Å². The first kappa shape index (κ1) is 17.1. The monoisotopic (exact) mass is 300 g/mol. The standard InChI is InChI=1S/C15H25ClN2O2/c1-15(2,18(3)4)10-17-9-11-7-12(16)14(20-6)13(8-11)19-5/h7-8,17H,9-10H2,1-6H3. The molecule has 0 saturated heterocycles. The number of hydrogen-bond donors (Lipinski definition) is 1. The van der Waals surface area contributed by atoms with Gasteiger partial charge in [0.1, 0.15) is 0 Å². The lowest BCUT2D eigenvalue weighted by Gasteiger charge is -2.32. The van der Waals surface area contributed by atoms with Gasteiger partial charge in [-0.05, 0) is 45.6 Å². The Kier molecular flexibility index (Phi) is 6.11. The van der Waals surface area contributed by atoms with Gasteiger partial charge in [-0.25, -0.2) is 0 Å². The van der Waals surface area contributed by atoms with E-state index >= 15 is 0 Å². The van der Waals surface area contributed by atoms with Gasteiger partial charge in [0.05, 0.1) is 19.2 Å². The minimum Gasteiger partial charge on any atom is -0.493 e. The number of nitrogens with zero attached hydrogens (tertiary/aromatic N) is 1. The molecule has 0 atom stereocenters. The zero-order valence-electron chi connectivity index (χ0n) is 13.2. The van der Waals surface area contributed by atoms with Gasteiger partial charge in [0.2, 0.25) is 0 Å². The summed E-state index contributed by atoms with van der Waals surface area (Å²) in [5.41, 5.74) is 1.17. The third kappa shape index (κ3) is 4.27. The molecule has 0 aliphatic rings. The van der Waals surface area contributed by atoms with E-state index in [1.165, 1.54) is 0 Å². The topological polar surface area (TPSA) is 33.7 Å². The Bertz CT molecular complexity index is 448. The van der Waals surface area contributed by atoms with Crippen LogP contribution in [0.25, 0.3) is 0 Å². The maximum absolute atomic E-state index is 6.19. The lowest BCUT2D eigenvalue weighted by molar-refractivity contribution is 0.189. The lowest BCUT2D eigenvalue weighted by atomic mass is 10.0. The summed E-state index contributed by atoms with van der Waals surface area (Å²) in [6, 6.07) is 3.85. The van der Waals surface area contributed by atoms with Gasteiger partial charge < -0.3 is 19.7 Å². The summed E-state index contributed by atoms with van der Waals surface area (Å²) in [5.74, 6) is 1.23. The molecule has 0 fully saturated rings. The van der Waals surface area contributed by atoms with Crippen molar-refractivity contribution in [1.82, 2.24) is 10.2 Å². The number of ether oxygens (including phenoxy) is 2. The zero-order valence-corrected chi connectivity index (χ0v) is 14.0. The zero-order chi connectivity index (χ0) is 15.3. The van der Waals surface area contributed by atoms with Gasteiger partial charge >= 0.3 is 0 Å². The molecular formula is C15H25ClN2O2. The van der Waals surface area contributed by atoms with Gasteiger partial charge in [0.25, 0.3) is 0 Å². The molecule has 1 N–H and O–H groups in total. The number of likely N-dealkylation sites (N-methyl/N-ethyl adjacent to an activating group) is 1. The fraction of sp³-hybridized carbons (Fsp3) is 0.600. The first-order valence-electron chi connectivity index (χ1n) is 6.60. The highest BCUT2D eigenvalue weighted by atomic mass is 35.5. The van der Waals surface area contributed by atoms with E-state index in [4.69, 9.17) is 21.1 Å². The molecule has 0 aliphatic heterocycles.